The van der Waals surface area contributed by atoms with Crippen LogP contribution in [0.1, 0.15) is 12.5 Å². The number of benzene rings is 1. The first-order valence-electron chi connectivity index (χ1n) is 5.38. The van der Waals surface area contributed by atoms with E-state index in [0.29, 0.717) is 0 Å². The molecule has 0 aliphatic carbocycles. The van der Waals surface area contributed by atoms with Crippen LogP contribution in [0.5, 0.6) is 0 Å². The number of allylic oxidation sites excluding steroid dienone is 2. The largest absolute Gasteiger partial charge is 0.129 e. The zero-order valence-electron chi connectivity index (χ0n) is 10.3. The minimum absolute atomic E-state index is 0.761. The Morgan fingerprint density at radius 3 is 2.19 bits per heavy atom. The number of halogens is 1. The van der Waals surface area contributed by atoms with Gasteiger partial charge in [0.1, 0.15) is 8.07 Å². The first kappa shape index (κ1) is 13.1. The van der Waals surface area contributed by atoms with Crippen LogP contribution in [0, 0.1) is 11.5 Å². The van der Waals surface area contributed by atoms with Gasteiger partial charge in [-0.3, -0.25) is 0 Å². The van der Waals surface area contributed by atoms with Crippen molar-refractivity contribution in [2.75, 3.05) is 0 Å². The molecule has 1 aromatic carbocycles. The Bertz CT molecular complexity index is 438. The molecule has 1 aromatic rings. The maximum absolute atomic E-state index is 5.86. The highest BCUT2D eigenvalue weighted by Crippen LogP contribution is 2.17. The van der Waals surface area contributed by atoms with Crippen LogP contribution >= 0.6 is 11.6 Å². The normalized spacial score (nSPS) is 11.9. The Morgan fingerprint density at radius 1 is 1.19 bits per heavy atom. The third-order valence-electron chi connectivity index (χ3n) is 2.02. The summed E-state index contributed by atoms with van der Waals surface area (Å²) in [5, 5.41) is 0.761. The molecular formula is C14H17ClSi. The van der Waals surface area contributed by atoms with Crippen LogP contribution in [0.25, 0.3) is 5.57 Å². The van der Waals surface area contributed by atoms with Crippen LogP contribution in [0.3, 0.4) is 0 Å². The molecule has 0 saturated heterocycles. The Morgan fingerprint density at radius 2 is 1.75 bits per heavy atom. The zero-order chi connectivity index (χ0) is 12.2. The van der Waals surface area contributed by atoms with Crippen molar-refractivity contribution in [1.29, 1.82) is 0 Å². The SMILES string of the molecule is C/C=C(/C#C[Si](C)(C)C)c1ccc(Cl)cc1. The van der Waals surface area contributed by atoms with Crippen molar-refractivity contribution < 1.29 is 0 Å². The van der Waals surface area contributed by atoms with E-state index in [9.17, 15) is 0 Å². The number of rotatable bonds is 1. The van der Waals surface area contributed by atoms with Crippen molar-refractivity contribution in [2.45, 2.75) is 26.6 Å². The van der Waals surface area contributed by atoms with E-state index in [0.717, 1.165) is 16.2 Å². The molecule has 0 heterocycles. The summed E-state index contributed by atoms with van der Waals surface area (Å²) >= 11 is 5.86. The maximum Gasteiger partial charge on any atom is 0.129 e. The van der Waals surface area contributed by atoms with Crippen molar-refractivity contribution in [3.63, 3.8) is 0 Å². The average Bonchev–Trinajstić information content (AvgIpc) is 2.20. The summed E-state index contributed by atoms with van der Waals surface area (Å²) in [5.74, 6) is 3.27. The van der Waals surface area contributed by atoms with Gasteiger partial charge in [0.15, 0.2) is 0 Å². The van der Waals surface area contributed by atoms with E-state index < -0.39 is 8.07 Å². The molecule has 0 amide bonds. The fraction of sp³-hybridized carbons (Fsp3) is 0.286. The van der Waals surface area contributed by atoms with Crippen LogP contribution in [0.2, 0.25) is 24.7 Å². The molecule has 0 saturated carbocycles. The standard InChI is InChI=1S/C14H17ClSi/c1-5-12(10-11-16(2,3)4)13-6-8-14(15)9-7-13/h5-9H,1-4H3/b12-5-. The molecule has 84 valence electrons. The van der Waals surface area contributed by atoms with Crippen molar-refractivity contribution in [3.05, 3.63) is 40.9 Å². The van der Waals surface area contributed by atoms with Gasteiger partial charge in [0, 0.05) is 10.6 Å². The van der Waals surface area contributed by atoms with Crippen LogP contribution in [-0.4, -0.2) is 8.07 Å². The third-order valence-corrected chi connectivity index (χ3v) is 3.14. The molecular weight excluding hydrogens is 232 g/mol. The first-order valence-corrected chi connectivity index (χ1v) is 9.25. The summed E-state index contributed by atoms with van der Waals surface area (Å²) in [6, 6.07) is 7.82. The van der Waals surface area contributed by atoms with E-state index in [1.165, 1.54) is 0 Å². The second-order valence-corrected chi connectivity index (χ2v) is 9.90. The molecule has 0 fully saturated rings. The lowest BCUT2D eigenvalue weighted by Crippen LogP contribution is -2.16. The van der Waals surface area contributed by atoms with Gasteiger partial charge in [-0.25, -0.2) is 0 Å². The van der Waals surface area contributed by atoms with Crippen molar-refractivity contribution in [3.8, 4) is 11.5 Å². The lowest BCUT2D eigenvalue weighted by molar-refractivity contribution is 1.61. The van der Waals surface area contributed by atoms with Gasteiger partial charge >= 0.3 is 0 Å². The molecule has 2 heteroatoms. The van der Waals surface area contributed by atoms with Crippen molar-refractivity contribution in [2.24, 2.45) is 0 Å². The van der Waals surface area contributed by atoms with Gasteiger partial charge in [-0.1, -0.05) is 55.4 Å². The van der Waals surface area contributed by atoms with Crippen molar-refractivity contribution >= 4 is 25.2 Å². The third kappa shape index (κ3) is 4.26. The maximum atomic E-state index is 5.86. The van der Waals surface area contributed by atoms with Gasteiger partial charge in [0.2, 0.25) is 0 Å². The molecule has 0 bridgehead atoms. The quantitative estimate of drug-likeness (QED) is 0.502. The van der Waals surface area contributed by atoms with Gasteiger partial charge < -0.3 is 0 Å². The average molecular weight is 249 g/mol. The van der Waals surface area contributed by atoms with E-state index in [1.807, 2.05) is 31.2 Å². The summed E-state index contributed by atoms with van der Waals surface area (Å²) in [4.78, 5) is 0. The highest BCUT2D eigenvalue weighted by molar-refractivity contribution is 6.84. The Kier molecular flexibility index (Phi) is 4.41. The molecule has 0 spiro atoms. The smallest absolute Gasteiger partial charge is 0.127 e. The fourth-order valence-corrected chi connectivity index (χ4v) is 1.83. The van der Waals surface area contributed by atoms with Gasteiger partial charge in [-0.15, -0.1) is 5.54 Å². The van der Waals surface area contributed by atoms with Gasteiger partial charge in [0.25, 0.3) is 0 Å². The second-order valence-electron chi connectivity index (χ2n) is 4.71. The van der Waals surface area contributed by atoms with E-state index >= 15 is 0 Å². The van der Waals surface area contributed by atoms with E-state index in [1.54, 1.807) is 0 Å². The summed E-state index contributed by atoms with van der Waals surface area (Å²) < 4.78 is 0. The molecule has 1 rings (SSSR count). The summed E-state index contributed by atoms with van der Waals surface area (Å²) in [5.41, 5.74) is 5.59. The van der Waals surface area contributed by atoms with Crippen LogP contribution < -0.4 is 0 Å². The molecule has 0 aliphatic heterocycles. The molecule has 0 aromatic heterocycles. The molecule has 16 heavy (non-hydrogen) atoms. The zero-order valence-corrected chi connectivity index (χ0v) is 12.0. The number of hydrogen-bond donors (Lipinski definition) is 0. The highest BCUT2D eigenvalue weighted by atomic mass is 35.5. The predicted molar refractivity (Wildman–Crippen MR) is 76.2 cm³/mol. The van der Waals surface area contributed by atoms with Gasteiger partial charge in [-0.2, -0.15) is 0 Å². The Balaban J connectivity index is 3.00. The van der Waals surface area contributed by atoms with E-state index in [2.05, 4.69) is 37.2 Å². The molecule has 0 aliphatic rings. The Labute approximate surface area is 104 Å². The first-order chi connectivity index (χ1) is 7.42. The lowest BCUT2D eigenvalue weighted by atomic mass is 10.1. The second kappa shape index (κ2) is 5.38. The fourth-order valence-electron chi connectivity index (χ4n) is 1.20. The van der Waals surface area contributed by atoms with Crippen LogP contribution in [-0.2, 0) is 0 Å². The molecule has 0 radical (unpaired) electrons. The minimum atomic E-state index is -1.31. The van der Waals surface area contributed by atoms with Crippen molar-refractivity contribution in [1.82, 2.24) is 0 Å². The molecule has 0 atom stereocenters. The van der Waals surface area contributed by atoms with Crippen LogP contribution in [0.15, 0.2) is 30.3 Å². The lowest BCUT2D eigenvalue weighted by Gasteiger charge is -2.05. The van der Waals surface area contributed by atoms with Crippen LogP contribution in [0.4, 0.5) is 0 Å². The monoisotopic (exact) mass is 248 g/mol. The highest BCUT2D eigenvalue weighted by Gasteiger charge is 2.08. The number of hydrogen-bond acceptors (Lipinski definition) is 0. The molecule has 0 nitrogen and oxygen atoms in total. The minimum Gasteiger partial charge on any atom is -0.127 e. The molecule has 0 N–H and O–H groups in total. The van der Waals surface area contributed by atoms with E-state index in [4.69, 9.17) is 11.6 Å². The molecule has 0 unspecified atom stereocenters. The summed E-state index contributed by atoms with van der Waals surface area (Å²) in [7, 11) is -1.31. The predicted octanol–water partition coefficient (Wildman–Crippen LogP) is 4.62. The van der Waals surface area contributed by atoms with Gasteiger partial charge in [0.05, 0.1) is 0 Å². The summed E-state index contributed by atoms with van der Waals surface area (Å²) in [6.45, 7) is 8.75. The Hall–Kier alpha value is -0.973. The van der Waals surface area contributed by atoms with Gasteiger partial charge in [-0.05, 0) is 24.6 Å². The summed E-state index contributed by atoms with van der Waals surface area (Å²) in [6.07, 6.45) is 2.05. The van der Waals surface area contributed by atoms with E-state index in [-0.39, 0.29) is 0 Å². The topological polar surface area (TPSA) is 0 Å².